The Morgan fingerprint density at radius 1 is 1.05 bits per heavy atom. The molecule has 0 aromatic rings. The summed E-state index contributed by atoms with van der Waals surface area (Å²) < 4.78 is 0. The Kier molecular flexibility index (Phi) is 6.05. The van der Waals surface area contributed by atoms with E-state index in [-0.39, 0.29) is 0 Å². The van der Waals surface area contributed by atoms with Gasteiger partial charge in [0.2, 0.25) is 0 Å². The Labute approximate surface area is 116 Å². The van der Waals surface area contributed by atoms with Crippen molar-refractivity contribution in [2.45, 2.75) is 57.8 Å². The molecule has 0 amide bonds. The standard InChI is InChI=1S/C16H26O3/c17-16(15-4-2-1-3-5-15)11-10-13-6-8-14(9-7-13)12-19-18/h10-11,13-15,18H,1-9,12H2/b11-10+. The molecule has 0 bridgehead atoms. The molecule has 108 valence electrons. The molecule has 1 N–H and O–H groups in total. The molecule has 0 radical (unpaired) electrons. The highest BCUT2D eigenvalue weighted by Gasteiger charge is 2.21. The van der Waals surface area contributed by atoms with Crippen LogP contribution >= 0.6 is 0 Å². The molecule has 2 aliphatic rings. The number of carbonyl (C=O) groups excluding carboxylic acids is 1. The minimum absolute atomic E-state index is 0.295. The second-order valence-electron chi connectivity index (χ2n) is 6.17. The molecule has 2 fully saturated rings. The molecular formula is C16H26O3. The third-order valence-corrected chi connectivity index (χ3v) is 4.74. The largest absolute Gasteiger partial charge is 0.295 e. The van der Waals surface area contributed by atoms with Gasteiger partial charge in [0, 0.05) is 5.92 Å². The Morgan fingerprint density at radius 2 is 1.74 bits per heavy atom. The lowest BCUT2D eigenvalue weighted by Crippen LogP contribution is -2.18. The van der Waals surface area contributed by atoms with Crippen LogP contribution in [0.2, 0.25) is 0 Å². The minimum atomic E-state index is 0.295. The maximum Gasteiger partial charge on any atom is 0.158 e. The fraction of sp³-hybridized carbons (Fsp3) is 0.812. The molecular weight excluding hydrogens is 240 g/mol. The molecule has 0 aromatic carbocycles. The number of allylic oxidation sites excluding steroid dienone is 2. The van der Waals surface area contributed by atoms with Gasteiger partial charge in [0.1, 0.15) is 0 Å². The minimum Gasteiger partial charge on any atom is -0.295 e. The Bertz CT molecular complexity index is 297. The van der Waals surface area contributed by atoms with Crippen molar-refractivity contribution in [1.29, 1.82) is 0 Å². The zero-order chi connectivity index (χ0) is 13.5. The highest BCUT2D eigenvalue weighted by atomic mass is 17.1. The van der Waals surface area contributed by atoms with Crippen LogP contribution in [0.1, 0.15) is 57.8 Å². The van der Waals surface area contributed by atoms with Crippen LogP contribution in [-0.4, -0.2) is 17.6 Å². The number of ketones is 1. The number of hydrogen-bond donors (Lipinski definition) is 1. The van der Waals surface area contributed by atoms with Gasteiger partial charge in [0.25, 0.3) is 0 Å². The van der Waals surface area contributed by atoms with Gasteiger partial charge in [-0.3, -0.25) is 10.1 Å². The van der Waals surface area contributed by atoms with E-state index in [0.29, 0.717) is 30.1 Å². The van der Waals surface area contributed by atoms with E-state index in [9.17, 15) is 4.79 Å². The van der Waals surface area contributed by atoms with Crippen LogP contribution in [0.25, 0.3) is 0 Å². The molecule has 2 rings (SSSR count). The lowest BCUT2D eigenvalue weighted by Gasteiger charge is -2.25. The molecule has 0 unspecified atom stereocenters. The van der Waals surface area contributed by atoms with Crippen LogP contribution in [-0.2, 0) is 9.68 Å². The van der Waals surface area contributed by atoms with Crippen molar-refractivity contribution in [3.05, 3.63) is 12.2 Å². The van der Waals surface area contributed by atoms with Gasteiger partial charge in [-0.1, -0.05) is 25.3 Å². The van der Waals surface area contributed by atoms with Crippen molar-refractivity contribution in [3.63, 3.8) is 0 Å². The molecule has 3 nitrogen and oxygen atoms in total. The summed E-state index contributed by atoms with van der Waals surface area (Å²) in [5.74, 6) is 1.68. The monoisotopic (exact) mass is 266 g/mol. The molecule has 0 spiro atoms. The van der Waals surface area contributed by atoms with Gasteiger partial charge in [-0.2, -0.15) is 0 Å². The smallest absolute Gasteiger partial charge is 0.158 e. The first-order valence-electron chi connectivity index (χ1n) is 7.78. The first-order chi connectivity index (χ1) is 9.29. The Morgan fingerprint density at radius 3 is 2.37 bits per heavy atom. The van der Waals surface area contributed by atoms with Gasteiger partial charge in [-0.15, -0.1) is 0 Å². The normalized spacial score (nSPS) is 29.7. The van der Waals surface area contributed by atoms with E-state index in [0.717, 1.165) is 38.5 Å². The van der Waals surface area contributed by atoms with Crippen molar-refractivity contribution in [1.82, 2.24) is 0 Å². The van der Waals surface area contributed by atoms with E-state index in [1.165, 1.54) is 19.3 Å². The van der Waals surface area contributed by atoms with E-state index in [1.807, 2.05) is 6.08 Å². The van der Waals surface area contributed by atoms with Crippen LogP contribution in [0.4, 0.5) is 0 Å². The lowest BCUT2D eigenvalue weighted by molar-refractivity contribution is -0.252. The summed E-state index contributed by atoms with van der Waals surface area (Å²) in [6.45, 7) is 0.456. The topological polar surface area (TPSA) is 46.5 Å². The molecule has 19 heavy (non-hydrogen) atoms. The molecule has 2 aliphatic carbocycles. The second kappa shape index (κ2) is 7.81. The van der Waals surface area contributed by atoms with E-state index in [1.54, 1.807) is 0 Å². The van der Waals surface area contributed by atoms with Crippen molar-refractivity contribution >= 4 is 5.78 Å². The van der Waals surface area contributed by atoms with Gasteiger partial charge >= 0.3 is 0 Å². The highest BCUT2D eigenvalue weighted by Crippen LogP contribution is 2.30. The number of hydrogen-bond acceptors (Lipinski definition) is 3. The average molecular weight is 266 g/mol. The summed E-state index contributed by atoms with van der Waals surface area (Å²) in [6, 6.07) is 0. The Balaban J connectivity index is 1.72. The molecule has 3 heteroatoms. The third kappa shape index (κ3) is 4.73. The molecule has 0 saturated heterocycles. The van der Waals surface area contributed by atoms with Crippen molar-refractivity contribution < 1.29 is 14.9 Å². The lowest BCUT2D eigenvalue weighted by atomic mass is 9.81. The predicted molar refractivity (Wildman–Crippen MR) is 74.8 cm³/mol. The van der Waals surface area contributed by atoms with Crippen molar-refractivity contribution in [2.75, 3.05) is 6.61 Å². The summed E-state index contributed by atoms with van der Waals surface area (Å²) >= 11 is 0. The SMILES string of the molecule is O=C(/C=C/C1CCC(COO)CC1)C1CCCCC1. The van der Waals surface area contributed by atoms with Crippen LogP contribution in [0.3, 0.4) is 0 Å². The maximum absolute atomic E-state index is 12.1. The fourth-order valence-electron chi connectivity index (χ4n) is 3.41. The molecule has 0 aromatic heterocycles. The van der Waals surface area contributed by atoms with Gasteiger partial charge in [0.15, 0.2) is 5.78 Å². The van der Waals surface area contributed by atoms with Crippen LogP contribution in [0.5, 0.6) is 0 Å². The average Bonchev–Trinajstić information content (AvgIpc) is 2.47. The molecule has 0 aliphatic heterocycles. The summed E-state index contributed by atoms with van der Waals surface area (Å²) in [4.78, 5) is 16.3. The van der Waals surface area contributed by atoms with E-state index in [4.69, 9.17) is 5.26 Å². The molecule has 0 atom stereocenters. The van der Waals surface area contributed by atoms with E-state index >= 15 is 0 Å². The number of carbonyl (C=O) groups is 1. The summed E-state index contributed by atoms with van der Waals surface area (Å²) in [5.41, 5.74) is 0. The maximum atomic E-state index is 12.1. The predicted octanol–water partition coefficient (Wildman–Crippen LogP) is 3.99. The fourth-order valence-corrected chi connectivity index (χ4v) is 3.41. The molecule has 2 saturated carbocycles. The third-order valence-electron chi connectivity index (χ3n) is 4.74. The first kappa shape index (κ1) is 14.7. The first-order valence-corrected chi connectivity index (χ1v) is 7.78. The van der Waals surface area contributed by atoms with Crippen molar-refractivity contribution in [3.8, 4) is 0 Å². The summed E-state index contributed by atoms with van der Waals surface area (Å²) in [7, 11) is 0. The Hall–Kier alpha value is -0.670. The van der Waals surface area contributed by atoms with Gasteiger partial charge in [-0.25, -0.2) is 4.89 Å². The summed E-state index contributed by atoms with van der Waals surface area (Å²) in [5, 5.41) is 8.45. The van der Waals surface area contributed by atoms with Crippen LogP contribution in [0.15, 0.2) is 12.2 Å². The second-order valence-corrected chi connectivity index (χ2v) is 6.17. The van der Waals surface area contributed by atoms with Gasteiger partial charge in [0.05, 0.1) is 6.61 Å². The zero-order valence-electron chi connectivity index (χ0n) is 11.7. The van der Waals surface area contributed by atoms with Gasteiger partial charge < -0.3 is 0 Å². The van der Waals surface area contributed by atoms with E-state index < -0.39 is 0 Å². The van der Waals surface area contributed by atoms with Crippen LogP contribution < -0.4 is 0 Å². The van der Waals surface area contributed by atoms with Gasteiger partial charge in [-0.05, 0) is 56.4 Å². The van der Waals surface area contributed by atoms with Crippen LogP contribution in [0, 0.1) is 17.8 Å². The molecule has 0 heterocycles. The zero-order valence-corrected chi connectivity index (χ0v) is 11.7. The quantitative estimate of drug-likeness (QED) is 0.465. The van der Waals surface area contributed by atoms with Crippen molar-refractivity contribution in [2.24, 2.45) is 17.8 Å². The number of rotatable bonds is 5. The van der Waals surface area contributed by atoms with E-state index in [2.05, 4.69) is 11.0 Å². The summed E-state index contributed by atoms with van der Waals surface area (Å²) in [6.07, 6.45) is 14.3. The highest BCUT2D eigenvalue weighted by molar-refractivity contribution is 5.91.